The normalized spacial score (nSPS) is 18.4. The van der Waals surface area contributed by atoms with E-state index in [0.29, 0.717) is 60.9 Å². The van der Waals surface area contributed by atoms with Gasteiger partial charge in [0.1, 0.15) is 12.4 Å². The first-order chi connectivity index (χ1) is 22.5. The maximum Gasteiger partial charge on any atom is 0.179 e. The van der Waals surface area contributed by atoms with E-state index in [1.807, 2.05) is 55.4 Å². The summed E-state index contributed by atoms with van der Waals surface area (Å²) < 4.78 is 45.7. The zero-order valence-electron chi connectivity index (χ0n) is 30.4. The highest BCUT2D eigenvalue weighted by molar-refractivity contribution is 7.91. The molecule has 274 valence electrons. The minimum absolute atomic E-state index is 0. The Balaban J connectivity index is 0.00000800. The van der Waals surface area contributed by atoms with E-state index in [1.54, 1.807) is 6.07 Å². The molecule has 7 nitrogen and oxygen atoms in total. The third kappa shape index (κ3) is 10.7. The van der Waals surface area contributed by atoms with Gasteiger partial charge in [-0.2, -0.15) is 0 Å². The van der Waals surface area contributed by atoms with Crippen LogP contribution in [0.3, 0.4) is 0 Å². The number of unbranched alkanes of at least 4 members (excludes halogenated alkanes) is 2. The van der Waals surface area contributed by atoms with Gasteiger partial charge in [0, 0.05) is 37.7 Å². The molecule has 0 unspecified atom stereocenters. The van der Waals surface area contributed by atoms with Crippen LogP contribution in [0.4, 0.5) is 5.69 Å². The molecule has 0 spiro atoms. The summed E-state index contributed by atoms with van der Waals surface area (Å²) in [6.45, 7) is 13.8. The summed E-state index contributed by atoms with van der Waals surface area (Å²) in [5.41, 5.74) is 2.14. The van der Waals surface area contributed by atoms with Crippen LogP contribution in [0.25, 0.3) is 0 Å². The zero-order chi connectivity index (χ0) is 34.5. The lowest BCUT2D eigenvalue weighted by Crippen LogP contribution is -2.43. The number of hydrogen-bond acceptors (Lipinski definition) is 7. The topological polar surface area (TPSA) is 85.3 Å². The maximum atomic E-state index is 14.1. The number of rotatable bonds is 21. The number of benzene rings is 2. The molecule has 3 rings (SSSR count). The highest BCUT2D eigenvalue weighted by Crippen LogP contribution is 2.50. The summed E-state index contributed by atoms with van der Waals surface area (Å²) in [4.78, 5) is 2.31. The van der Waals surface area contributed by atoms with Gasteiger partial charge in [-0.3, -0.25) is 0 Å². The number of aliphatic hydroxyl groups excluding tert-OH is 1. The van der Waals surface area contributed by atoms with Gasteiger partial charge in [0.25, 0.3) is 0 Å². The van der Waals surface area contributed by atoms with Crippen molar-refractivity contribution in [3.63, 3.8) is 0 Å². The number of hydrogen-bond donors (Lipinski definition) is 1. The fraction of sp³-hybridized carbons (Fsp3) is 0.700. The molecule has 2 atom stereocenters. The monoisotopic (exact) mass is 689 g/mol. The Kier molecular flexibility index (Phi) is 17.4. The van der Waals surface area contributed by atoms with Gasteiger partial charge in [0.2, 0.25) is 0 Å². The van der Waals surface area contributed by atoms with E-state index < -0.39 is 27.3 Å². The molecular formula is C40H67NO6S. The van der Waals surface area contributed by atoms with Crippen molar-refractivity contribution in [2.75, 3.05) is 57.8 Å². The largest absolute Gasteiger partial charge is 0.491 e. The highest BCUT2D eigenvalue weighted by Gasteiger charge is 2.49. The predicted octanol–water partition coefficient (Wildman–Crippen LogP) is 9.05. The number of fused-ring (bicyclic) bond motifs is 1. The average Bonchev–Trinajstić information content (AvgIpc) is 3.14. The molecule has 48 heavy (non-hydrogen) atoms. The fourth-order valence-corrected chi connectivity index (χ4v) is 9.46. The van der Waals surface area contributed by atoms with Gasteiger partial charge in [-0.15, -0.1) is 0 Å². The zero-order valence-corrected chi connectivity index (χ0v) is 31.2. The second-order valence-electron chi connectivity index (χ2n) is 13.8. The van der Waals surface area contributed by atoms with E-state index in [9.17, 15) is 13.5 Å². The van der Waals surface area contributed by atoms with Crippen LogP contribution in [0.1, 0.15) is 123 Å². The number of ether oxygens (including phenoxy) is 3. The quantitative estimate of drug-likeness (QED) is 0.131. The summed E-state index contributed by atoms with van der Waals surface area (Å²) in [6, 6.07) is 13.4. The van der Waals surface area contributed by atoms with Crippen molar-refractivity contribution in [3.8, 4) is 5.75 Å². The second-order valence-corrected chi connectivity index (χ2v) is 15.8. The van der Waals surface area contributed by atoms with Crippen LogP contribution in [0.15, 0.2) is 47.4 Å². The maximum absolute atomic E-state index is 14.1. The van der Waals surface area contributed by atoms with Gasteiger partial charge < -0.3 is 24.2 Å². The molecular weight excluding hydrogens is 623 g/mol. The minimum Gasteiger partial charge on any atom is -0.491 e. The molecule has 0 bridgehead atoms. The van der Waals surface area contributed by atoms with Gasteiger partial charge in [-0.1, -0.05) is 99.1 Å². The molecule has 0 saturated carbocycles. The molecule has 1 heterocycles. The van der Waals surface area contributed by atoms with E-state index in [0.717, 1.165) is 50.0 Å². The van der Waals surface area contributed by atoms with Crippen molar-refractivity contribution in [2.45, 2.75) is 123 Å². The summed E-state index contributed by atoms with van der Waals surface area (Å²) in [6.07, 6.45) is 8.80. The van der Waals surface area contributed by atoms with Gasteiger partial charge in [0.05, 0.1) is 36.6 Å². The van der Waals surface area contributed by atoms with Crippen molar-refractivity contribution in [1.29, 1.82) is 0 Å². The summed E-state index contributed by atoms with van der Waals surface area (Å²) in [7, 11) is 0.265. The summed E-state index contributed by atoms with van der Waals surface area (Å²) in [5.74, 6) is 0.199. The highest BCUT2D eigenvalue weighted by atomic mass is 32.2. The van der Waals surface area contributed by atoms with Crippen LogP contribution >= 0.6 is 0 Å². The molecule has 0 aromatic heterocycles. The fourth-order valence-electron chi connectivity index (χ4n) is 7.27. The SMILES string of the molecule is C.CCCCC1(CCCC)CS(=O)(=O)c2ccc(N(C)C)cc2[C@@H](c2ccc(OCCOCCOCCC(CC)(CC)CC)cc2)[C@H]1O. The van der Waals surface area contributed by atoms with Gasteiger partial charge in [0.15, 0.2) is 9.84 Å². The minimum atomic E-state index is -3.63. The molecule has 0 radical (unpaired) electrons. The molecule has 0 fully saturated rings. The number of anilines is 1. The molecule has 8 heteroatoms. The van der Waals surface area contributed by atoms with Crippen LogP contribution in [0.5, 0.6) is 5.75 Å². The third-order valence-corrected chi connectivity index (χ3v) is 12.8. The van der Waals surface area contributed by atoms with E-state index in [1.165, 1.54) is 19.3 Å². The van der Waals surface area contributed by atoms with Crippen molar-refractivity contribution < 1.29 is 27.7 Å². The lowest BCUT2D eigenvalue weighted by atomic mass is 9.68. The van der Waals surface area contributed by atoms with Crippen LogP contribution < -0.4 is 9.64 Å². The Morgan fingerprint density at radius 1 is 0.833 bits per heavy atom. The molecule has 2 aromatic rings. The Bertz CT molecular complexity index is 1290. The smallest absolute Gasteiger partial charge is 0.179 e. The van der Waals surface area contributed by atoms with Crippen molar-refractivity contribution in [2.24, 2.45) is 10.8 Å². The molecule has 1 N–H and O–H groups in total. The lowest BCUT2D eigenvalue weighted by Gasteiger charge is -2.40. The van der Waals surface area contributed by atoms with Gasteiger partial charge >= 0.3 is 0 Å². The first-order valence-corrected chi connectivity index (χ1v) is 19.8. The molecule has 1 aliphatic rings. The van der Waals surface area contributed by atoms with Crippen LogP contribution in [-0.4, -0.2) is 72.5 Å². The van der Waals surface area contributed by atoms with Crippen molar-refractivity contribution >= 4 is 15.5 Å². The van der Waals surface area contributed by atoms with E-state index in [4.69, 9.17) is 14.2 Å². The summed E-state index contributed by atoms with van der Waals surface area (Å²) >= 11 is 0. The molecule has 0 amide bonds. The Morgan fingerprint density at radius 2 is 1.40 bits per heavy atom. The predicted molar refractivity (Wildman–Crippen MR) is 200 cm³/mol. The first kappa shape index (κ1) is 42.0. The molecule has 0 saturated heterocycles. The Hall–Kier alpha value is -2.13. The van der Waals surface area contributed by atoms with E-state index >= 15 is 0 Å². The van der Waals surface area contributed by atoms with E-state index in [2.05, 4.69) is 34.6 Å². The van der Waals surface area contributed by atoms with Gasteiger partial charge in [-0.05, 0) is 66.1 Å². The Morgan fingerprint density at radius 3 is 1.94 bits per heavy atom. The molecule has 2 aromatic carbocycles. The molecule has 1 aliphatic heterocycles. The van der Waals surface area contributed by atoms with Crippen molar-refractivity contribution in [1.82, 2.24) is 0 Å². The van der Waals surface area contributed by atoms with Crippen LogP contribution in [0.2, 0.25) is 0 Å². The Labute approximate surface area is 293 Å². The standard InChI is InChI=1S/C39H63NO6S.CH4/c1-8-13-21-39(22-14-9-2)30-47(42,43)35-20-17-32(40(6)7)29-34(35)36(37(39)41)31-15-18-33(19-16-31)46-28-27-45-26-25-44-24-23-38(10-3,11-4)12-5;/h15-20,29,36-37,41H,8-14,21-28,30H2,1-7H3;1H4/t36-,37-;/m1./s1. The van der Waals surface area contributed by atoms with Gasteiger partial charge in [-0.25, -0.2) is 8.42 Å². The van der Waals surface area contributed by atoms with Crippen molar-refractivity contribution in [3.05, 3.63) is 53.6 Å². The first-order valence-electron chi connectivity index (χ1n) is 18.1. The molecule has 0 aliphatic carbocycles. The number of nitrogens with zero attached hydrogens (tertiary/aromatic N) is 1. The lowest BCUT2D eigenvalue weighted by molar-refractivity contribution is 0.0127. The van der Waals surface area contributed by atoms with Crippen LogP contribution in [0, 0.1) is 10.8 Å². The number of aliphatic hydroxyl groups is 1. The number of sulfone groups is 1. The third-order valence-electron chi connectivity index (χ3n) is 10.8. The average molecular weight is 690 g/mol. The summed E-state index contributed by atoms with van der Waals surface area (Å²) in [5, 5.41) is 12.4. The van der Waals surface area contributed by atoms with E-state index in [-0.39, 0.29) is 13.2 Å². The van der Waals surface area contributed by atoms with Crippen LogP contribution in [-0.2, 0) is 19.3 Å². The second kappa shape index (κ2) is 19.9.